The molecule has 10 heteroatoms. The number of aromatic nitrogens is 2. The van der Waals surface area contributed by atoms with Crippen molar-refractivity contribution in [3.05, 3.63) is 71.1 Å². The first-order valence-electron chi connectivity index (χ1n) is 10.2. The molecule has 33 heavy (non-hydrogen) atoms. The molecule has 0 radical (unpaired) electrons. The average Bonchev–Trinajstić information content (AvgIpc) is 2.78. The van der Waals surface area contributed by atoms with E-state index in [1.54, 1.807) is 25.1 Å². The molecule has 1 aromatic heterocycles. The van der Waals surface area contributed by atoms with Gasteiger partial charge >= 0.3 is 0 Å². The largest absolute Gasteiger partial charge is 0.382 e. The minimum atomic E-state index is -1.76. The van der Waals surface area contributed by atoms with Crippen LogP contribution >= 0.6 is 0 Å². The molecule has 0 aliphatic carbocycles. The highest BCUT2D eigenvalue weighted by Gasteiger charge is 2.20. The number of benzene rings is 2. The van der Waals surface area contributed by atoms with E-state index in [1.165, 1.54) is 6.20 Å². The van der Waals surface area contributed by atoms with Gasteiger partial charge in [0.2, 0.25) is 0 Å². The molecule has 2 amide bonds. The summed E-state index contributed by atoms with van der Waals surface area (Å²) in [5, 5.41) is 15.4. The first kappa shape index (κ1) is 23.7. The Kier molecular flexibility index (Phi) is 7.29. The molecule has 0 bridgehead atoms. The lowest BCUT2D eigenvalue weighted by Crippen LogP contribution is -2.25. The van der Waals surface area contributed by atoms with Crippen LogP contribution in [-0.2, 0) is 11.2 Å². The van der Waals surface area contributed by atoms with Crippen LogP contribution in [0.4, 0.5) is 20.3 Å². The fraction of sp³-hybridized carbons (Fsp3) is 0.217. The average molecular weight is 455 g/mol. The number of anilines is 2. The third kappa shape index (κ3) is 5.47. The van der Waals surface area contributed by atoms with E-state index in [-0.39, 0.29) is 17.1 Å². The molecule has 2 aromatic carbocycles. The van der Waals surface area contributed by atoms with Crippen LogP contribution < -0.4 is 16.4 Å². The maximum atomic E-state index is 13.4. The smallest absolute Gasteiger partial charge is 0.273 e. The van der Waals surface area contributed by atoms with Crippen molar-refractivity contribution in [3.63, 3.8) is 0 Å². The second kappa shape index (κ2) is 10.1. The van der Waals surface area contributed by atoms with E-state index in [1.807, 2.05) is 6.92 Å². The Bertz CT molecular complexity index is 1180. The molecule has 0 fully saturated rings. The summed E-state index contributed by atoms with van der Waals surface area (Å²) in [7, 11) is 0. The molecular formula is C23H23F2N5O3. The van der Waals surface area contributed by atoms with Gasteiger partial charge in [-0.25, -0.2) is 18.7 Å². The maximum absolute atomic E-state index is 13.4. The Morgan fingerprint density at radius 3 is 2.45 bits per heavy atom. The van der Waals surface area contributed by atoms with Gasteiger partial charge in [0.25, 0.3) is 11.8 Å². The van der Waals surface area contributed by atoms with Crippen molar-refractivity contribution in [2.45, 2.75) is 26.4 Å². The van der Waals surface area contributed by atoms with E-state index in [0.29, 0.717) is 36.0 Å². The fourth-order valence-electron chi connectivity index (χ4n) is 3.25. The van der Waals surface area contributed by atoms with E-state index < -0.39 is 29.6 Å². The van der Waals surface area contributed by atoms with Crippen molar-refractivity contribution in [3.8, 4) is 11.3 Å². The third-order valence-corrected chi connectivity index (χ3v) is 4.83. The van der Waals surface area contributed by atoms with Gasteiger partial charge in [0.1, 0.15) is 11.6 Å². The van der Waals surface area contributed by atoms with E-state index in [0.717, 1.165) is 17.7 Å². The number of nitrogens with zero attached hydrogens (tertiary/aromatic N) is 2. The van der Waals surface area contributed by atoms with Gasteiger partial charge in [-0.3, -0.25) is 9.59 Å². The summed E-state index contributed by atoms with van der Waals surface area (Å²) in [6.07, 6.45) is 0.245. The van der Waals surface area contributed by atoms with Gasteiger partial charge in [0.15, 0.2) is 17.6 Å². The molecule has 8 nitrogen and oxygen atoms in total. The standard InChI is InChI=1S/C23H23F2N5O3/c1-3-12-9-16(29-23(33)20(31)13-7-14(24)10-15(25)8-13)5-6-17(12)18-11-28-21(26)19(30-18)22(32)27-4-2/h5-11,20,31H,3-4H2,1-2H3,(H2,26,28)(H,27,32)(H,29,33)/t20-/m0/s1. The van der Waals surface area contributed by atoms with Crippen molar-refractivity contribution < 1.29 is 23.5 Å². The molecule has 0 spiro atoms. The summed E-state index contributed by atoms with van der Waals surface area (Å²) in [6, 6.07) is 7.37. The predicted octanol–water partition coefficient (Wildman–Crippen LogP) is 2.99. The summed E-state index contributed by atoms with van der Waals surface area (Å²) in [5.74, 6) is -3.07. The zero-order chi connectivity index (χ0) is 24.1. The number of nitrogens with one attached hydrogen (secondary N) is 2. The van der Waals surface area contributed by atoms with Crippen molar-refractivity contribution in [2.75, 3.05) is 17.6 Å². The molecule has 0 aliphatic rings. The topological polar surface area (TPSA) is 130 Å². The zero-order valence-corrected chi connectivity index (χ0v) is 18.0. The van der Waals surface area contributed by atoms with E-state index in [9.17, 15) is 23.5 Å². The summed E-state index contributed by atoms with van der Waals surface area (Å²) in [4.78, 5) is 33.0. The van der Waals surface area contributed by atoms with Crippen molar-refractivity contribution >= 4 is 23.3 Å². The molecule has 5 N–H and O–H groups in total. The molecule has 3 rings (SSSR count). The molecule has 0 saturated heterocycles. The Morgan fingerprint density at radius 2 is 1.82 bits per heavy atom. The highest BCUT2D eigenvalue weighted by Crippen LogP contribution is 2.27. The number of aliphatic hydroxyl groups excluding tert-OH is 1. The number of nitrogen functional groups attached to an aromatic ring is 1. The molecule has 0 unspecified atom stereocenters. The van der Waals surface area contributed by atoms with Gasteiger partial charge in [0.05, 0.1) is 11.9 Å². The van der Waals surface area contributed by atoms with E-state index in [4.69, 9.17) is 5.73 Å². The predicted molar refractivity (Wildman–Crippen MR) is 119 cm³/mol. The lowest BCUT2D eigenvalue weighted by molar-refractivity contribution is -0.124. The number of amides is 2. The van der Waals surface area contributed by atoms with Crippen LogP contribution in [0, 0.1) is 11.6 Å². The van der Waals surface area contributed by atoms with Crippen molar-refractivity contribution in [1.82, 2.24) is 15.3 Å². The van der Waals surface area contributed by atoms with E-state index >= 15 is 0 Å². The minimum absolute atomic E-state index is 0.00871. The number of carbonyl (C=O) groups excluding carboxylic acids is 2. The first-order chi connectivity index (χ1) is 15.7. The van der Waals surface area contributed by atoms with Gasteiger partial charge in [-0.1, -0.05) is 13.0 Å². The van der Waals surface area contributed by atoms with Crippen LogP contribution in [0.5, 0.6) is 0 Å². The summed E-state index contributed by atoms with van der Waals surface area (Å²) < 4.78 is 26.8. The van der Waals surface area contributed by atoms with Crippen LogP contribution in [0.15, 0.2) is 42.6 Å². The van der Waals surface area contributed by atoms with Crippen LogP contribution in [0.2, 0.25) is 0 Å². The molecule has 3 aromatic rings. The highest BCUT2D eigenvalue weighted by molar-refractivity contribution is 5.97. The van der Waals surface area contributed by atoms with Gasteiger partial charge < -0.3 is 21.5 Å². The second-order valence-corrected chi connectivity index (χ2v) is 7.17. The molecular weight excluding hydrogens is 432 g/mol. The quantitative estimate of drug-likeness (QED) is 0.433. The van der Waals surface area contributed by atoms with Crippen molar-refractivity contribution in [2.24, 2.45) is 0 Å². The number of carbonyl (C=O) groups is 2. The summed E-state index contributed by atoms with van der Waals surface area (Å²) in [6.45, 7) is 4.08. The minimum Gasteiger partial charge on any atom is -0.382 e. The summed E-state index contributed by atoms with van der Waals surface area (Å²) >= 11 is 0. The van der Waals surface area contributed by atoms with E-state index in [2.05, 4.69) is 20.6 Å². The number of hydrogen-bond acceptors (Lipinski definition) is 6. The van der Waals surface area contributed by atoms with Crippen LogP contribution in [0.25, 0.3) is 11.3 Å². The number of aliphatic hydroxyl groups is 1. The van der Waals surface area contributed by atoms with Gasteiger partial charge in [-0.2, -0.15) is 0 Å². The monoisotopic (exact) mass is 455 g/mol. The van der Waals surface area contributed by atoms with Crippen LogP contribution in [0.1, 0.15) is 41.6 Å². The molecule has 172 valence electrons. The van der Waals surface area contributed by atoms with Crippen LogP contribution in [0.3, 0.4) is 0 Å². The molecule has 1 heterocycles. The third-order valence-electron chi connectivity index (χ3n) is 4.83. The normalized spacial score (nSPS) is 11.7. The lowest BCUT2D eigenvalue weighted by Gasteiger charge is -2.15. The number of hydrogen-bond donors (Lipinski definition) is 4. The highest BCUT2D eigenvalue weighted by atomic mass is 19.1. The molecule has 0 aliphatic heterocycles. The Morgan fingerprint density at radius 1 is 1.12 bits per heavy atom. The fourth-order valence-corrected chi connectivity index (χ4v) is 3.25. The van der Waals surface area contributed by atoms with Gasteiger partial charge in [0, 0.05) is 23.9 Å². The van der Waals surface area contributed by atoms with Crippen LogP contribution in [-0.4, -0.2) is 33.4 Å². The summed E-state index contributed by atoms with van der Waals surface area (Å²) in [5.41, 5.74) is 7.85. The number of halogens is 2. The second-order valence-electron chi connectivity index (χ2n) is 7.17. The lowest BCUT2D eigenvalue weighted by atomic mass is 10.0. The van der Waals surface area contributed by atoms with Gasteiger partial charge in [-0.15, -0.1) is 0 Å². The maximum Gasteiger partial charge on any atom is 0.273 e. The number of nitrogens with two attached hydrogens (primary N) is 1. The Labute approximate surface area is 188 Å². The molecule has 1 atom stereocenters. The first-order valence-corrected chi connectivity index (χ1v) is 10.2. The zero-order valence-electron chi connectivity index (χ0n) is 18.0. The SMILES string of the molecule is CCNC(=O)c1nc(-c2ccc(NC(=O)[C@@H](O)c3cc(F)cc(F)c3)cc2CC)cnc1N. The molecule has 0 saturated carbocycles. The Hall–Kier alpha value is -3.92. The number of aryl methyl sites for hydroxylation is 1. The van der Waals surface area contributed by atoms with Gasteiger partial charge in [-0.05, 0) is 48.7 Å². The number of rotatable bonds is 7. The van der Waals surface area contributed by atoms with Crippen molar-refractivity contribution in [1.29, 1.82) is 0 Å². The Balaban J connectivity index is 1.86.